The third-order valence-electron chi connectivity index (χ3n) is 4.06. The van der Waals surface area contributed by atoms with Gasteiger partial charge in [-0.1, -0.05) is 0 Å². The van der Waals surface area contributed by atoms with Crippen LogP contribution in [0.25, 0.3) is 0 Å². The molecule has 0 bridgehead atoms. The predicted octanol–water partition coefficient (Wildman–Crippen LogP) is -0.375. The van der Waals surface area contributed by atoms with Gasteiger partial charge in [0.2, 0.25) is 10.0 Å². The molecule has 1 atom stereocenters. The van der Waals surface area contributed by atoms with Crippen molar-refractivity contribution in [1.29, 1.82) is 0 Å². The Morgan fingerprint density at radius 3 is 2.47 bits per heavy atom. The molecule has 0 spiro atoms. The van der Waals surface area contributed by atoms with E-state index >= 15 is 0 Å². The molecule has 8 heteroatoms. The fraction of sp³-hybridized carbons (Fsp3) is 1.00. The SMILES string of the molecule is CC1(CNS(=O)(=O)C2CCS(=O)(=O)CC2)CCCN1. The molecule has 6 nitrogen and oxygen atoms in total. The Bertz CT molecular complexity index is 507. The van der Waals surface area contributed by atoms with Gasteiger partial charge in [-0.2, -0.15) is 0 Å². The second-order valence-corrected chi connectivity index (χ2v) is 10.2. The second kappa shape index (κ2) is 5.31. The van der Waals surface area contributed by atoms with Crippen LogP contribution >= 0.6 is 0 Å². The Hall–Kier alpha value is -0.180. The molecule has 2 aliphatic heterocycles. The summed E-state index contributed by atoms with van der Waals surface area (Å²) in [5.74, 6) is -0.0395. The number of sulfone groups is 1. The highest BCUT2D eigenvalue weighted by Crippen LogP contribution is 2.21. The lowest BCUT2D eigenvalue weighted by Crippen LogP contribution is -2.50. The molecule has 0 aromatic carbocycles. The zero-order chi connectivity index (χ0) is 14.1. The van der Waals surface area contributed by atoms with E-state index in [2.05, 4.69) is 10.0 Å². The van der Waals surface area contributed by atoms with E-state index in [1.54, 1.807) is 0 Å². The predicted molar refractivity (Wildman–Crippen MR) is 74.2 cm³/mol. The largest absolute Gasteiger partial charge is 0.310 e. The van der Waals surface area contributed by atoms with Crippen molar-refractivity contribution in [2.45, 2.75) is 43.4 Å². The van der Waals surface area contributed by atoms with Crippen LogP contribution in [0.1, 0.15) is 32.6 Å². The van der Waals surface area contributed by atoms with Crippen LogP contribution in [0.4, 0.5) is 0 Å². The van der Waals surface area contributed by atoms with Crippen LogP contribution in [0.2, 0.25) is 0 Å². The summed E-state index contributed by atoms with van der Waals surface area (Å²) in [7, 11) is -6.44. The Labute approximate surface area is 115 Å². The van der Waals surface area contributed by atoms with Gasteiger partial charge in [0, 0.05) is 12.1 Å². The number of hydrogen-bond donors (Lipinski definition) is 2. The van der Waals surface area contributed by atoms with E-state index in [-0.39, 0.29) is 29.9 Å². The molecule has 2 N–H and O–H groups in total. The lowest BCUT2D eigenvalue weighted by molar-refractivity contribution is 0.407. The molecule has 0 aliphatic carbocycles. The Balaban J connectivity index is 1.92. The van der Waals surface area contributed by atoms with Crippen molar-refractivity contribution in [2.75, 3.05) is 24.6 Å². The molecular formula is C11H22N2O4S2. The van der Waals surface area contributed by atoms with Gasteiger partial charge in [0.25, 0.3) is 0 Å². The zero-order valence-corrected chi connectivity index (χ0v) is 12.8. The Morgan fingerprint density at radius 2 is 1.95 bits per heavy atom. The minimum absolute atomic E-state index is 0.0197. The topological polar surface area (TPSA) is 92.3 Å². The summed E-state index contributed by atoms with van der Waals surface area (Å²) in [6.45, 7) is 3.30. The molecular weight excluding hydrogens is 288 g/mol. The summed E-state index contributed by atoms with van der Waals surface area (Å²) in [4.78, 5) is 0. The average Bonchev–Trinajstić information content (AvgIpc) is 2.74. The first-order valence-electron chi connectivity index (χ1n) is 6.66. The maximum atomic E-state index is 12.2. The van der Waals surface area contributed by atoms with E-state index in [0.29, 0.717) is 6.54 Å². The molecule has 19 heavy (non-hydrogen) atoms. The van der Waals surface area contributed by atoms with Crippen LogP contribution < -0.4 is 10.0 Å². The molecule has 0 aromatic rings. The van der Waals surface area contributed by atoms with Crippen LogP contribution in [0, 0.1) is 0 Å². The summed E-state index contributed by atoms with van der Waals surface area (Å²) >= 11 is 0. The van der Waals surface area contributed by atoms with Crippen molar-refractivity contribution in [1.82, 2.24) is 10.0 Å². The highest BCUT2D eigenvalue weighted by Gasteiger charge is 2.35. The molecule has 2 saturated heterocycles. The van der Waals surface area contributed by atoms with Crippen LogP contribution in [-0.4, -0.2) is 52.2 Å². The van der Waals surface area contributed by atoms with Crippen molar-refractivity contribution in [3.05, 3.63) is 0 Å². The van der Waals surface area contributed by atoms with Crippen molar-refractivity contribution in [3.63, 3.8) is 0 Å². The maximum Gasteiger partial charge on any atom is 0.214 e. The first-order valence-corrected chi connectivity index (χ1v) is 10.0. The summed E-state index contributed by atoms with van der Waals surface area (Å²) in [5.41, 5.74) is -0.173. The number of rotatable bonds is 4. The smallest absolute Gasteiger partial charge is 0.214 e. The molecule has 0 aromatic heterocycles. The van der Waals surface area contributed by atoms with Crippen molar-refractivity contribution in [2.24, 2.45) is 0 Å². The lowest BCUT2D eigenvalue weighted by atomic mass is 10.0. The van der Waals surface area contributed by atoms with E-state index in [4.69, 9.17) is 0 Å². The number of nitrogens with one attached hydrogen (secondary N) is 2. The first kappa shape index (κ1) is 15.2. The van der Waals surface area contributed by atoms with E-state index in [1.165, 1.54) is 0 Å². The number of sulfonamides is 1. The lowest BCUT2D eigenvalue weighted by Gasteiger charge is -2.27. The molecule has 2 aliphatic rings. The standard InChI is InChI=1S/C11H22N2O4S2/c1-11(5-2-6-12-11)9-13-19(16,17)10-3-7-18(14,15)8-4-10/h10,12-13H,2-9H2,1H3. The summed E-state index contributed by atoms with van der Waals surface area (Å²) < 4.78 is 49.6. The van der Waals surface area contributed by atoms with Crippen LogP contribution in [0.15, 0.2) is 0 Å². The van der Waals surface area contributed by atoms with Gasteiger partial charge in [-0.05, 0) is 39.2 Å². The fourth-order valence-electron chi connectivity index (χ4n) is 2.66. The van der Waals surface area contributed by atoms with Gasteiger partial charge < -0.3 is 5.32 Å². The quantitative estimate of drug-likeness (QED) is 0.739. The molecule has 112 valence electrons. The molecule has 2 rings (SSSR count). The van der Waals surface area contributed by atoms with Gasteiger partial charge in [-0.25, -0.2) is 21.6 Å². The average molecular weight is 310 g/mol. The summed E-state index contributed by atoms with van der Waals surface area (Å²) in [5, 5.41) is 2.73. The van der Waals surface area contributed by atoms with Crippen molar-refractivity contribution < 1.29 is 16.8 Å². The highest BCUT2D eigenvalue weighted by atomic mass is 32.2. The van der Waals surface area contributed by atoms with Gasteiger partial charge in [0.1, 0.15) is 9.84 Å². The van der Waals surface area contributed by atoms with Gasteiger partial charge in [-0.15, -0.1) is 0 Å². The zero-order valence-electron chi connectivity index (χ0n) is 11.2. The van der Waals surface area contributed by atoms with Crippen LogP contribution in [0.3, 0.4) is 0 Å². The first-order chi connectivity index (χ1) is 8.73. The van der Waals surface area contributed by atoms with E-state index in [9.17, 15) is 16.8 Å². The van der Waals surface area contributed by atoms with E-state index in [1.807, 2.05) is 6.92 Å². The molecule has 0 radical (unpaired) electrons. The third-order valence-corrected chi connectivity index (χ3v) is 7.67. The fourth-order valence-corrected chi connectivity index (χ4v) is 6.07. The Morgan fingerprint density at radius 1 is 1.32 bits per heavy atom. The van der Waals surface area contributed by atoms with Crippen molar-refractivity contribution in [3.8, 4) is 0 Å². The van der Waals surface area contributed by atoms with E-state index in [0.717, 1.165) is 19.4 Å². The number of hydrogen-bond acceptors (Lipinski definition) is 5. The molecule has 2 heterocycles. The van der Waals surface area contributed by atoms with Gasteiger partial charge >= 0.3 is 0 Å². The van der Waals surface area contributed by atoms with Crippen LogP contribution in [0.5, 0.6) is 0 Å². The minimum Gasteiger partial charge on any atom is -0.310 e. The third kappa shape index (κ3) is 3.90. The maximum absolute atomic E-state index is 12.2. The van der Waals surface area contributed by atoms with Gasteiger partial charge in [0.05, 0.1) is 16.8 Å². The molecule has 0 saturated carbocycles. The Kier molecular flexibility index (Phi) is 4.25. The summed E-state index contributed by atoms with van der Waals surface area (Å²) in [6.07, 6.45) is 2.43. The second-order valence-electron chi connectivity index (χ2n) is 5.81. The molecule has 2 fully saturated rings. The monoisotopic (exact) mass is 310 g/mol. The van der Waals surface area contributed by atoms with Gasteiger partial charge in [-0.3, -0.25) is 0 Å². The minimum atomic E-state index is -3.41. The van der Waals surface area contributed by atoms with Gasteiger partial charge in [0.15, 0.2) is 0 Å². The normalized spacial score (nSPS) is 32.5. The summed E-state index contributed by atoms with van der Waals surface area (Å²) in [6, 6.07) is 0. The van der Waals surface area contributed by atoms with Crippen LogP contribution in [-0.2, 0) is 19.9 Å². The van der Waals surface area contributed by atoms with Crippen molar-refractivity contribution >= 4 is 19.9 Å². The highest BCUT2D eigenvalue weighted by molar-refractivity contribution is 7.92. The van der Waals surface area contributed by atoms with E-state index < -0.39 is 25.1 Å². The molecule has 1 unspecified atom stereocenters. The molecule has 0 amide bonds.